The predicted octanol–water partition coefficient (Wildman–Crippen LogP) is 0.963. The average molecular weight is 513 g/mol. The number of aliphatic hydroxyl groups excluding tert-OH is 3. The van der Waals surface area contributed by atoms with Crippen LogP contribution in [0.15, 0.2) is 12.2 Å². The van der Waals surface area contributed by atoms with Crippen LogP contribution in [0.3, 0.4) is 0 Å². The van der Waals surface area contributed by atoms with E-state index in [1.807, 2.05) is 20.8 Å². The highest BCUT2D eigenvalue weighted by atomic mass is 16.5. The van der Waals surface area contributed by atoms with Crippen molar-refractivity contribution in [3.05, 3.63) is 12.2 Å². The van der Waals surface area contributed by atoms with Gasteiger partial charge in [-0.1, -0.05) is 58.6 Å². The summed E-state index contributed by atoms with van der Waals surface area (Å²) in [5.74, 6) is -1.57. The van der Waals surface area contributed by atoms with E-state index in [1.165, 1.54) is 13.2 Å². The number of nitrogens with one attached hydrogen (secondary N) is 2. The molecule has 10 nitrogen and oxygen atoms in total. The lowest BCUT2D eigenvalue weighted by atomic mass is 9.94. The fourth-order valence-electron chi connectivity index (χ4n) is 4.47. The molecule has 1 saturated heterocycles. The van der Waals surface area contributed by atoms with Crippen LogP contribution in [0.2, 0.25) is 0 Å². The monoisotopic (exact) mass is 512 g/mol. The molecule has 0 aromatic rings. The Balaban J connectivity index is 1.92. The number of carbonyl (C=O) groups is 3. The van der Waals surface area contributed by atoms with Crippen molar-refractivity contribution in [3.8, 4) is 0 Å². The van der Waals surface area contributed by atoms with Crippen LogP contribution >= 0.6 is 0 Å². The van der Waals surface area contributed by atoms with E-state index in [9.17, 15) is 29.7 Å². The first kappa shape index (κ1) is 30.2. The molecule has 1 saturated carbocycles. The highest BCUT2D eigenvalue weighted by Crippen LogP contribution is 2.25. The van der Waals surface area contributed by atoms with Gasteiger partial charge in [-0.2, -0.15) is 0 Å². The van der Waals surface area contributed by atoms with Crippen molar-refractivity contribution in [2.75, 3.05) is 13.7 Å². The molecular formula is C26H44N2O8. The van der Waals surface area contributed by atoms with E-state index in [0.29, 0.717) is 6.42 Å². The van der Waals surface area contributed by atoms with Crippen molar-refractivity contribution in [3.63, 3.8) is 0 Å². The molecule has 36 heavy (non-hydrogen) atoms. The molecule has 0 aromatic heterocycles. The Bertz CT molecular complexity index is 758. The lowest BCUT2D eigenvalue weighted by Crippen LogP contribution is -2.55. The second-order valence-electron chi connectivity index (χ2n) is 11.0. The number of hydrogen-bond donors (Lipinski definition) is 5. The minimum atomic E-state index is -1.74. The number of ether oxygens (including phenoxy) is 2. The summed E-state index contributed by atoms with van der Waals surface area (Å²) in [5, 5.41) is 36.3. The zero-order valence-corrected chi connectivity index (χ0v) is 21.9. The number of aliphatic hydroxyl groups is 3. The minimum absolute atomic E-state index is 0.106. The van der Waals surface area contributed by atoms with E-state index in [0.717, 1.165) is 38.5 Å². The molecule has 5 N–H and O–H groups in total. The molecule has 2 aliphatic rings. The number of rotatable bonds is 9. The van der Waals surface area contributed by atoms with Crippen LogP contribution < -0.4 is 10.6 Å². The van der Waals surface area contributed by atoms with Crippen molar-refractivity contribution in [1.29, 1.82) is 0 Å². The van der Waals surface area contributed by atoms with Crippen molar-refractivity contribution < 1.29 is 39.2 Å². The van der Waals surface area contributed by atoms with Gasteiger partial charge in [0.1, 0.15) is 30.5 Å². The topological polar surface area (TPSA) is 154 Å². The van der Waals surface area contributed by atoms with Crippen molar-refractivity contribution in [2.24, 2.45) is 11.3 Å². The smallest absolute Gasteiger partial charge is 0.309 e. The first-order valence-electron chi connectivity index (χ1n) is 13.0. The molecule has 1 heterocycles. The Morgan fingerprint density at radius 2 is 1.67 bits per heavy atom. The maximum Gasteiger partial charge on any atom is 0.309 e. The molecular weight excluding hydrogens is 468 g/mol. The van der Waals surface area contributed by atoms with Gasteiger partial charge in [-0.25, -0.2) is 0 Å². The largest absolute Gasteiger partial charge is 0.460 e. The van der Waals surface area contributed by atoms with Crippen LogP contribution in [0.25, 0.3) is 0 Å². The second-order valence-corrected chi connectivity index (χ2v) is 11.0. The van der Waals surface area contributed by atoms with E-state index < -0.39 is 48.4 Å². The van der Waals surface area contributed by atoms with Crippen molar-refractivity contribution in [2.45, 2.75) is 109 Å². The summed E-state index contributed by atoms with van der Waals surface area (Å²) in [6.07, 6.45) is 2.73. The lowest BCUT2D eigenvalue weighted by Gasteiger charge is -2.28. The van der Waals surface area contributed by atoms with E-state index in [4.69, 9.17) is 9.47 Å². The molecule has 2 fully saturated rings. The quantitative estimate of drug-likeness (QED) is 0.174. The first-order chi connectivity index (χ1) is 16.9. The van der Waals surface area contributed by atoms with Crippen LogP contribution in [0.1, 0.15) is 72.1 Å². The number of methoxy groups -OCH3 is 1. The van der Waals surface area contributed by atoms with Crippen LogP contribution in [0.5, 0.6) is 0 Å². The standard InChI is InChI=1S/C26H44N2O8/c1-26(2,3)14-13-19(29)20(30)21(31)22(35-4)24(33)28-18-12-11-17(15-27-23(18)32)36-25(34)16-9-7-5-6-8-10-16/h13-14,16-22,29-31H,5-12,15H2,1-4H3,(H,27,32)(H,28,33)/b14-13+/t17-,18?,19-,20+,21-,22-/m1/s1. The molecule has 1 unspecified atom stereocenters. The second kappa shape index (κ2) is 14.1. The third-order valence-corrected chi connectivity index (χ3v) is 6.70. The Hall–Kier alpha value is -2.01. The normalized spacial score (nSPS) is 25.7. The molecule has 2 amide bonds. The van der Waals surface area contributed by atoms with Crippen LogP contribution in [-0.4, -0.2) is 83.3 Å². The molecule has 2 rings (SSSR count). The molecule has 1 aliphatic carbocycles. The van der Waals surface area contributed by atoms with Gasteiger partial charge in [-0.3, -0.25) is 14.4 Å². The Kier molecular flexibility index (Phi) is 11.8. The van der Waals surface area contributed by atoms with Gasteiger partial charge in [0.25, 0.3) is 5.91 Å². The summed E-state index contributed by atoms with van der Waals surface area (Å²) in [5.41, 5.74) is -0.252. The molecule has 0 bridgehead atoms. The molecule has 0 spiro atoms. The van der Waals surface area contributed by atoms with Gasteiger partial charge in [0.15, 0.2) is 6.10 Å². The number of amides is 2. The Labute approximate surface area is 213 Å². The summed E-state index contributed by atoms with van der Waals surface area (Å²) in [4.78, 5) is 38.0. The molecule has 10 heteroatoms. The maximum absolute atomic E-state index is 12.8. The predicted molar refractivity (Wildman–Crippen MR) is 133 cm³/mol. The molecule has 0 radical (unpaired) electrons. The summed E-state index contributed by atoms with van der Waals surface area (Å²) in [7, 11) is 1.19. The van der Waals surface area contributed by atoms with Gasteiger partial charge < -0.3 is 35.4 Å². The molecule has 206 valence electrons. The van der Waals surface area contributed by atoms with Gasteiger partial charge >= 0.3 is 5.97 Å². The SMILES string of the molecule is CO[C@@H](C(=O)NC1CC[C@@H](OC(=O)C2CCCCCC2)CNC1=O)[C@H](O)[C@@H](O)[C@H](O)/C=C/C(C)(C)C. The van der Waals surface area contributed by atoms with Gasteiger partial charge in [-0.15, -0.1) is 0 Å². The average Bonchev–Trinajstić information content (AvgIpc) is 3.19. The number of hydrogen-bond acceptors (Lipinski definition) is 8. The van der Waals surface area contributed by atoms with Crippen LogP contribution in [0.4, 0.5) is 0 Å². The third-order valence-electron chi connectivity index (χ3n) is 6.70. The lowest BCUT2D eigenvalue weighted by molar-refractivity contribution is -0.155. The molecule has 1 aliphatic heterocycles. The zero-order chi connectivity index (χ0) is 26.9. The summed E-state index contributed by atoms with van der Waals surface area (Å²) < 4.78 is 10.8. The highest BCUT2D eigenvalue weighted by Gasteiger charge is 2.38. The zero-order valence-electron chi connectivity index (χ0n) is 21.9. The van der Waals surface area contributed by atoms with Gasteiger partial charge in [-0.05, 0) is 31.1 Å². The Morgan fingerprint density at radius 3 is 2.25 bits per heavy atom. The summed E-state index contributed by atoms with van der Waals surface area (Å²) in [6, 6.07) is -0.924. The van der Waals surface area contributed by atoms with Gasteiger partial charge in [0, 0.05) is 7.11 Å². The number of esters is 1. The minimum Gasteiger partial charge on any atom is -0.460 e. The third kappa shape index (κ3) is 9.46. The summed E-state index contributed by atoms with van der Waals surface area (Å²) in [6.45, 7) is 5.88. The van der Waals surface area contributed by atoms with E-state index >= 15 is 0 Å². The molecule has 6 atom stereocenters. The van der Waals surface area contributed by atoms with Crippen molar-refractivity contribution >= 4 is 17.8 Å². The fourth-order valence-corrected chi connectivity index (χ4v) is 4.47. The highest BCUT2D eigenvalue weighted by molar-refractivity contribution is 5.89. The van der Waals surface area contributed by atoms with Gasteiger partial charge in [0.05, 0.1) is 12.5 Å². The van der Waals surface area contributed by atoms with E-state index in [1.54, 1.807) is 6.08 Å². The van der Waals surface area contributed by atoms with E-state index in [2.05, 4.69) is 10.6 Å². The number of carbonyl (C=O) groups excluding carboxylic acids is 3. The first-order valence-corrected chi connectivity index (χ1v) is 13.0. The van der Waals surface area contributed by atoms with Crippen molar-refractivity contribution in [1.82, 2.24) is 10.6 Å². The Morgan fingerprint density at radius 1 is 1.03 bits per heavy atom. The van der Waals surface area contributed by atoms with E-state index in [-0.39, 0.29) is 30.3 Å². The molecule has 0 aromatic carbocycles. The van der Waals surface area contributed by atoms with Gasteiger partial charge in [0.2, 0.25) is 5.91 Å². The van der Waals surface area contributed by atoms with Crippen LogP contribution in [0, 0.1) is 11.3 Å². The fraction of sp³-hybridized carbons (Fsp3) is 0.808. The number of allylic oxidation sites excluding steroid dienone is 1. The maximum atomic E-state index is 12.8. The summed E-state index contributed by atoms with van der Waals surface area (Å²) >= 11 is 0. The van der Waals surface area contributed by atoms with Crippen LogP contribution in [-0.2, 0) is 23.9 Å².